The molecule has 3 N–H and O–H groups in total. The van der Waals surface area contributed by atoms with Crippen molar-refractivity contribution in [2.45, 2.75) is 13.0 Å². The van der Waals surface area contributed by atoms with E-state index in [1.54, 1.807) is 31.2 Å². The number of allylic oxidation sites excluding steroid dienone is 1. The summed E-state index contributed by atoms with van der Waals surface area (Å²) in [5.41, 5.74) is 1.20. The zero-order valence-corrected chi connectivity index (χ0v) is 16.8. The maximum absolute atomic E-state index is 12.9. The zero-order valence-electron chi connectivity index (χ0n) is 14.5. The first kappa shape index (κ1) is 19.8. The molecule has 10 heteroatoms. The maximum Gasteiger partial charge on any atom is 0.319 e. The first-order valence-corrected chi connectivity index (χ1v) is 9.22. The Morgan fingerprint density at radius 2 is 1.93 bits per heavy atom. The number of carbonyl (C=O) groups excluding carboxylic acids is 2. The molecular formula is C18H14BrClN4O4. The molecule has 0 spiro atoms. The quantitative estimate of drug-likeness (QED) is 0.462. The van der Waals surface area contributed by atoms with E-state index in [0.717, 1.165) is 4.47 Å². The largest absolute Gasteiger partial charge is 0.327 e. The van der Waals surface area contributed by atoms with Crippen LogP contribution < -0.4 is 16.0 Å². The minimum Gasteiger partial charge on any atom is -0.327 e. The summed E-state index contributed by atoms with van der Waals surface area (Å²) in [4.78, 5) is 35.4. The first-order chi connectivity index (χ1) is 13.3. The fourth-order valence-electron chi connectivity index (χ4n) is 2.83. The molecule has 0 aliphatic carbocycles. The monoisotopic (exact) mass is 464 g/mol. The predicted octanol–water partition coefficient (Wildman–Crippen LogP) is 4.28. The summed E-state index contributed by atoms with van der Waals surface area (Å²) in [5.74, 6) is -0.449. The Hall–Kier alpha value is -2.91. The number of amides is 3. The van der Waals surface area contributed by atoms with Gasteiger partial charge in [0.1, 0.15) is 5.02 Å². The van der Waals surface area contributed by atoms with E-state index in [4.69, 9.17) is 11.6 Å². The molecule has 1 aliphatic rings. The molecule has 0 saturated heterocycles. The van der Waals surface area contributed by atoms with Gasteiger partial charge in [0.15, 0.2) is 0 Å². The Morgan fingerprint density at radius 3 is 2.57 bits per heavy atom. The molecule has 0 fully saturated rings. The first-order valence-electron chi connectivity index (χ1n) is 8.05. The van der Waals surface area contributed by atoms with Crippen LogP contribution >= 0.6 is 27.5 Å². The normalized spacial score (nSPS) is 16.2. The van der Waals surface area contributed by atoms with E-state index < -0.39 is 22.9 Å². The lowest BCUT2D eigenvalue weighted by atomic mass is 9.94. The molecule has 2 aromatic carbocycles. The van der Waals surface area contributed by atoms with Crippen molar-refractivity contribution in [2.75, 3.05) is 5.32 Å². The van der Waals surface area contributed by atoms with Crippen molar-refractivity contribution in [3.8, 4) is 0 Å². The van der Waals surface area contributed by atoms with E-state index in [0.29, 0.717) is 16.9 Å². The fraction of sp³-hybridized carbons (Fsp3) is 0.111. The van der Waals surface area contributed by atoms with Crippen LogP contribution in [0.15, 0.2) is 58.2 Å². The lowest BCUT2D eigenvalue weighted by Gasteiger charge is -2.28. The van der Waals surface area contributed by atoms with Gasteiger partial charge in [0.2, 0.25) is 0 Å². The summed E-state index contributed by atoms with van der Waals surface area (Å²) in [6.45, 7) is 1.59. The zero-order chi connectivity index (χ0) is 20.4. The molecular weight excluding hydrogens is 452 g/mol. The third-order valence-corrected chi connectivity index (χ3v) is 4.96. The van der Waals surface area contributed by atoms with Crippen LogP contribution in [0.25, 0.3) is 0 Å². The third-order valence-electron chi connectivity index (χ3n) is 4.12. The summed E-state index contributed by atoms with van der Waals surface area (Å²) in [6.07, 6.45) is 0. The minimum absolute atomic E-state index is 0.0319. The van der Waals surface area contributed by atoms with Gasteiger partial charge in [0, 0.05) is 21.9 Å². The highest BCUT2D eigenvalue weighted by atomic mass is 79.9. The van der Waals surface area contributed by atoms with Gasteiger partial charge < -0.3 is 16.0 Å². The van der Waals surface area contributed by atoms with Gasteiger partial charge in [-0.1, -0.05) is 33.6 Å². The van der Waals surface area contributed by atoms with Crippen LogP contribution in [0.4, 0.5) is 16.2 Å². The van der Waals surface area contributed by atoms with Crippen molar-refractivity contribution in [1.29, 1.82) is 0 Å². The average molecular weight is 466 g/mol. The number of anilines is 1. The lowest BCUT2D eigenvalue weighted by molar-refractivity contribution is -0.384. The van der Waals surface area contributed by atoms with Crippen molar-refractivity contribution >= 4 is 50.8 Å². The second-order valence-electron chi connectivity index (χ2n) is 6.00. The summed E-state index contributed by atoms with van der Waals surface area (Å²) < 4.78 is 0.860. The van der Waals surface area contributed by atoms with Crippen LogP contribution in [0.2, 0.25) is 5.02 Å². The smallest absolute Gasteiger partial charge is 0.319 e. The number of hydrogen-bond donors (Lipinski definition) is 3. The number of nitro groups is 1. The molecule has 0 aromatic heterocycles. The highest BCUT2D eigenvalue weighted by molar-refractivity contribution is 9.10. The number of benzene rings is 2. The number of urea groups is 1. The Kier molecular flexibility index (Phi) is 5.66. The Balaban J connectivity index is 1.99. The van der Waals surface area contributed by atoms with Gasteiger partial charge in [-0.15, -0.1) is 0 Å². The highest BCUT2D eigenvalue weighted by Gasteiger charge is 2.32. The number of hydrogen-bond acceptors (Lipinski definition) is 4. The van der Waals surface area contributed by atoms with E-state index >= 15 is 0 Å². The number of carbonyl (C=O) groups is 2. The standard InChI is InChI=1S/C18H14BrClN4O4/c1-9-15(17(25)22-12-5-3-11(19)4-6-12)16(23-18(26)21-9)10-2-7-13(20)14(8-10)24(27)28/h2-8,16H,1H3,(H,22,25)(H2,21,23,26). The van der Waals surface area contributed by atoms with E-state index in [9.17, 15) is 19.7 Å². The van der Waals surface area contributed by atoms with Crippen molar-refractivity contribution in [1.82, 2.24) is 10.6 Å². The topological polar surface area (TPSA) is 113 Å². The molecule has 2 aromatic rings. The highest BCUT2D eigenvalue weighted by Crippen LogP contribution is 2.33. The average Bonchev–Trinajstić information content (AvgIpc) is 2.63. The molecule has 1 unspecified atom stereocenters. The van der Waals surface area contributed by atoms with E-state index in [2.05, 4.69) is 31.9 Å². The Labute approximate surface area is 173 Å². The van der Waals surface area contributed by atoms with Gasteiger partial charge in [-0.05, 0) is 42.8 Å². The third kappa shape index (κ3) is 4.15. The summed E-state index contributed by atoms with van der Waals surface area (Å²) >= 11 is 9.19. The van der Waals surface area contributed by atoms with Crippen molar-refractivity contribution in [3.63, 3.8) is 0 Å². The fourth-order valence-corrected chi connectivity index (χ4v) is 3.28. The summed E-state index contributed by atoms with van der Waals surface area (Å²) in [5, 5.41) is 19.1. The van der Waals surface area contributed by atoms with E-state index in [-0.39, 0.29) is 16.3 Å². The Bertz CT molecular complexity index is 1010. The second kappa shape index (κ2) is 7.99. The molecule has 28 heavy (non-hydrogen) atoms. The number of nitrogens with zero attached hydrogens (tertiary/aromatic N) is 1. The van der Waals surface area contributed by atoms with Gasteiger partial charge >= 0.3 is 6.03 Å². The van der Waals surface area contributed by atoms with Crippen molar-refractivity contribution in [3.05, 3.63) is 78.9 Å². The molecule has 1 aliphatic heterocycles. The number of nitro benzene ring substituents is 1. The molecule has 3 rings (SSSR count). The predicted molar refractivity (Wildman–Crippen MR) is 108 cm³/mol. The van der Waals surface area contributed by atoms with Crippen molar-refractivity contribution < 1.29 is 14.5 Å². The molecule has 3 amide bonds. The molecule has 1 atom stereocenters. The summed E-state index contributed by atoms with van der Waals surface area (Å²) in [7, 11) is 0. The summed E-state index contributed by atoms with van der Waals surface area (Å²) in [6, 6.07) is 9.74. The van der Waals surface area contributed by atoms with E-state index in [1.807, 2.05) is 0 Å². The van der Waals surface area contributed by atoms with Crippen LogP contribution in [0.1, 0.15) is 18.5 Å². The number of halogens is 2. The van der Waals surface area contributed by atoms with Crippen LogP contribution in [0.3, 0.4) is 0 Å². The van der Waals surface area contributed by atoms with Gasteiger partial charge in [0.05, 0.1) is 16.5 Å². The van der Waals surface area contributed by atoms with E-state index in [1.165, 1.54) is 18.2 Å². The van der Waals surface area contributed by atoms with Crippen LogP contribution in [-0.2, 0) is 4.79 Å². The van der Waals surface area contributed by atoms with Crippen LogP contribution in [0.5, 0.6) is 0 Å². The number of rotatable bonds is 4. The van der Waals surface area contributed by atoms with Gasteiger partial charge in [-0.25, -0.2) is 4.79 Å². The second-order valence-corrected chi connectivity index (χ2v) is 7.32. The molecule has 8 nitrogen and oxygen atoms in total. The van der Waals surface area contributed by atoms with Crippen LogP contribution in [-0.4, -0.2) is 16.9 Å². The minimum atomic E-state index is -0.875. The van der Waals surface area contributed by atoms with Gasteiger partial charge in [-0.3, -0.25) is 14.9 Å². The molecule has 0 saturated carbocycles. The molecule has 0 bridgehead atoms. The van der Waals surface area contributed by atoms with Crippen LogP contribution in [0, 0.1) is 10.1 Å². The molecule has 144 valence electrons. The molecule has 0 radical (unpaired) electrons. The molecule has 1 heterocycles. The number of nitrogens with one attached hydrogen (secondary N) is 3. The van der Waals surface area contributed by atoms with Gasteiger partial charge in [0.25, 0.3) is 11.6 Å². The maximum atomic E-state index is 12.9. The van der Waals surface area contributed by atoms with Gasteiger partial charge in [-0.2, -0.15) is 0 Å². The SMILES string of the molecule is CC1=C(C(=O)Nc2ccc(Br)cc2)C(c2ccc(Cl)c([N+](=O)[O-])c2)NC(=O)N1. The lowest BCUT2D eigenvalue weighted by Crippen LogP contribution is -2.46. The Morgan fingerprint density at radius 1 is 1.25 bits per heavy atom. The van der Waals surface area contributed by atoms with Crippen molar-refractivity contribution in [2.24, 2.45) is 0 Å².